The minimum Gasteiger partial charge on any atom is -0.483 e. The molecule has 7 heteroatoms. The zero-order valence-corrected chi connectivity index (χ0v) is 13.9. The molecule has 0 unspecified atom stereocenters. The Hall–Kier alpha value is -2.31. The van der Waals surface area contributed by atoms with Gasteiger partial charge in [0.25, 0.3) is 5.91 Å². The maximum absolute atomic E-state index is 12.0. The number of nitrogen functional groups attached to an aromatic ring is 1. The fourth-order valence-corrected chi connectivity index (χ4v) is 3.25. The number of rotatable bonds is 4. The number of aromatic nitrogens is 1. The van der Waals surface area contributed by atoms with E-state index >= 15 is 0 Å². The van der Waals surface area contributed by atoms with Gasteiger partial charge in [-0.15, -0.1) is 0 Å². The molecule has 2 aromatic carbocycles. The van der Waals surface area contributed by atoms with Crippen molar-refractivity contribution >= 4 is 49.9 Å². The van der Waals surface area contributed by atoms with Crippen LogP contribution in [-0.2, 0) is 4.79 Å². The van der Waals surface area contributed by atoms with Crippen molar-refractivity contribution in [3.63, 3.8) is 0 Å². The third-order valence-electron chi connectivity index (χ3n) is 3.20. The Morgan fingerprint density at radius 3 is 2.96 bits per heavy atom. The molecule has 0 saturated carbocycles. The van der Waals surface area contributed by atoms with Crippen LogP contribution >= 0.6 is 22.9 Å². The summed E-state index contributed by atoms with van der Waals surface area (Å²) in [5, 5.41) is 3.65. The first-order chi connectivity index (χ1) is 11.0. The third kappa shape index (κ3) is 3.55. The highest BCUT2D eigenvalue weighted by atomic mass is 35.5. The van der Waals surface area contributed by atoms with Crippen LogP contribution in [0.5, 0.6) is 5.75 Å². The zero-order chi connectivity index (χ0) is 16.4. The van der Waals surface area contributed by atoms with E-state index in [0.29, 0.717) is 27.1 Å². The number of thiazole rings is 1. The van der Waals surface area contributed by atoms with E-state index in [0.717, 1.165) is 10.3 Å². The van der Waals surface area contributed by atoms with Crippen molar-refractivity contribution in [3.05, 3.63) is 47.0 Å². The molecule has 3 rings (SSSR count). The molecule has 3 aromatic rings. The van der Waals surface area contributed by atoms with E-state index in [1.807, 2.05) is 31.2 Å². The van der Waals surface area contributed by atoms with Gasteiger partial charge in [-0.3, -0.25) is 4.79 Å². The van der Waals surface area contributed by atoms with Crippen molar-refractivity contribution in [2.45, 2.75) is 6.92 Å². The number of benzene rings is 2. The summed E-state index contributed by atoms with van der Waals surface area (Å²) in [7, 11) is 0. The number of ether oxygens (including phenoxy) is 1. The number of nitrogens with zero attached hydrogens (tertiary/aromatic N) is 1. The summed E-state index contributed by atoms with van der Waals surface area (Å²) < 4.78 is 6.34. The lowest BCUT2D eigenvalue weighted by atomic mass is 10.2. The molecule has 5 nitrogen and oxygen atoms in total. The lowest BCUT2D eigenvalue weighted by molar-refractivity contribution is -0.118. The predicted octanol–water partition coefficient (Wildman–Crippen LogP) is 3.86. The maximum Gasteiger partial charge on any atom is 0.262 e. The number of fused-ring (bicyclic) bond motifs is 1. The van der Waals surface area contributed by atoms with E-state index in [1.54, 1.807) is 12.1 Å². The first kappa shape index (κ1) is 15.6. The maximum atomic E-state index is 12.0. The minimum atomic E-state index is -0.263. The standard InChI is InChI=1S/C16H14ClN3O2S/c1-9-4-2-3-5-12(9)22-8-14(21)19-10-6-11(17)15-13(7-10)23-16(18)20-15/h2-7H,8H2,1H3,(H2,18,20)(H,19,21). The van der Waals surface area contributed by atoms with Gasteiger partial charge in [0.05, 0.1) is 9.72 Å². The number of hydrogen-bond acceptors (Lipinski definition) is 5. The Kier molecular flexibility index (Phi) is 4.36. The molecular formula is C16H14ClN3O2S. The van der Waals surface area contributed by atoms with Crippen molar-refractivity contribution in [2.24, 2.45) is 0 Å². The molecule has 0 saturated heterocycles. The summed E-state index contributed by atoms with van der Waals surface area (Å²) >= 11 is 7.48. The minimum absolute atomic E-state index is 0.0780. The number of aryl methyl sites for hydroxylation is 1. The fraction of sp³-hybridized carbons (Fsp3) is 0.125. The summed E-state index contributed by atoms with van der Waals surface area (Å²) in [5.41, 5.74) is 7.88. The Labute approximate surface area is 142 Å². The van der Waals surface area contributed by atoms with Gasteiger partial charge >= 0.3 is 0 Å². The van der Waals surface area contributed by atoms with E-state index in [2.05, 4.69) is 10.3 Å². The molecule has 1 amide bonds. The fourth-order valence-electron chi connectivity index (χ4n) is 2.14. The second-order valence-corrected chi connectivity index (χ2v) is 6.43. The molecule has 0 atom stereocenters. The van der Waals surface area contributed by atoms with Crippen LogP contribution in [-0.4, -0.2) is 17.5 Å². The van der Waals surface area contributed by atoms with Crippen LogP contribution in [0, 0.1) is 6.92 Å². The summed E-state index contributed by atoms with van der Waals surface area (Å²) in [4.78, 5) is 16.2. The molecule has 0 aliphatic carbocycles. The van der Waals surface area contributed by atoms with E-state index < -0.39 is 0 Å². The van der Waals surface area contributed by atoms with Gasteiger partial charge in [0.2, 0.25) is 0 Å². The van der Waals surface area contributed by atoms with Crippen molar-refractivity contribution in [2.75, 3.05) is 17.7 Å². The number of nitrogens with two attached hydrogens (primary N) is 1. The molecule has 0 aliphatic rings. The Balaban J connectivity index is 1.69. The number of amides is 1. The topological polar surface area (TPSA) is 77.2 Å². The SMILES string of the molecule is Cc1ccccc1OCC(=O)Nc1cc(Cl)c2nc(N)sc2c1. The van der Waals surface area contributed by atoms with E-state index in [1.165, 1.54) is 11.3 Å². The Morgan fingerprint density at radius 1 is 1.39 bits per heavy atom. The molecule has 0 fully saturated rings. The van der Waals surface area contributed by atoms with Gasteiger partial charge in [-0.25, -0.2) is 4.98 Å². The largest absolute Gasteiger partial charge is 0.483 e. The second kappa shape index (κ2) is 6.44. The number of anilines is 2. The van der Waals surface area contributed by atoms with Gasteiger partial charge in [-0.05, 0) is 30.7 Å². The van der Waals surface area contributed by atoms with Gasteiger partial charge in [0.1, 0.15) is 11.3 Å². The van der Waals surface area contributed by atoms with Gasteiger partial charge in [0, 0.05) is 5.69 Å². The number of carbonyl (C=O) groups is 1. The predicted molar refractivity (Wildman–Crippen MR) is 94.3 cm³/mol. The third-order valence-corrected chi connectivity index (χ3v) is 4.32. The highest BCUT2D eigenvalue weighted by Gasteiger charge is 2.10. The van der Waals surface area contributed by atoms with Crippen LogP contribution in [0.25, 0.3) is 10.2 Å². The first-order valence-electron chi connectivity index (χ1n) is 6.87. The lowest BCUT2D eigenvalue weighted by Gasteiger charge is -2.09. The average molecular weight is 348 g/mol. The molecule has 118 valence electrons. The van der Waals surface area contributed by atoms with Crippen molar-refractivity contribution < 1.29 is 9.53 Å². The van der Waals surface area contributed by atoms with Crippen LogP contribution in [0.15, 0.2) is 36.4 Å². The smallest absolute Gasteiger partial charge is 0.262 e. The first-order valence-corrected chi connectivity index (χ1v) is 8.06. The lowest BCUT2D eigenvalue weighted by Crippen LogP contribution is -2.20. The molecule has 0 spiro atoms. The highest BCUT2D eigenvalue weighted by molar-refractivity contribution is 7.22. The van der Waals surface area contributed by atoms with E-state index in [9.17, 15) is 4.79 Å². The van der Waals surface area contributed by atoms with E-state index in [-0.39, 0.29) is 12.5 Å². The average Bonchev–Trinajstić information content (AvgIpc) is 2.87. The van der Waals surface area contributed by atoms with Crippen molar-refractivity contribution in [1.82, 2.24) is 4.98 Å². The number of halogens is 1. The van der Waals surface area contributed by atoms with Crippen LogP contribution < -0.4 is 15.8 Å². The quantitative estimate of drug-likeness (QED) is 0.751. The number of para-hydroxylation sites is 1. The van der Waals surface area contributed by atoms with Crippen LogP contribution in [0.1, 0.15) is 5.56 Å². The molecule has 0 bridgehead atoms. The number of nitrogens with one attached hydrogen (secondary N) is 1. The summed E-state index contributed by atoms with van der Waals surface area (Å²) in [5.74, 6) is 0.424. The zero-order valence-electron chi connectivity index (χ0n) is 12.3. The van der Waals surface area contributed by atoms with Crippen molar-refractivity contribution in [1.29, 1.82) is 0 Å². The number of hydrogen-bond donors (Lipinski definition) is 2. The van der Waals surface area contributed by atoms with Crippen molar-refractivity contribution in [3.8, 4) is 5.75 Å². The normalized spacial score (nSPS) is 10.7. The van der Waals surface area contributed by atoms with Crippen LogP contribution in [0.4, 0.5) is 10.8 Å². The van der Waals surface area contributed by atoms with Crippen LogP contribution in [0.3, 0.4) is 0 Å². The summed E-state index contributed by atoms with van der Waals surface area (Å²) in [6.07, 6.45) is 0. The second-order valence-electron chi connectivity index (χ2n) is 4.96. The Bertz CT molecular complexity index is 879. The number of carbonyl (C=O) groups excluding carboxylic acids is 1. The monoisotopic (exact) mass is 347 g/mol. The molecule has 0 aliphatic heterocycles. The molecule has 1 heterocycles. The van der Waals surface area contributed by atoms with Crippen LogP contribution in [0.2, 0.25) is 5.02 Å². The van der Waals surface area contributed by atoms with Gasteiger partial charge in [-0.2, -0.15) is 0 Å². The molecular weight excluding hydrogens is 334 g/mol. The van der Waals surface area contributed by atoms with E-state index in [4.69, 9.17) is 22.1 Å². The summed E-state index contributed by atoms with van der Waals surface area (Å²) in [6, 6.07) is 11.0. The van der Waals surface area contributed by atoms with Gasteiger partial charge in [-0.1, -0.05) is 41.1 Å². The summed E-state index contributed by atoms with van der Waals surface area (Å²) in [6.45, 7) is 1.85. The molecule has 3 N–H and O–H groups in total. The van der Waals surface area contributed by atoms with Gasteiger partial charge < -0.3 is 15.8 Å². The Morgan fingerprint density at radius 2 is 2.17 bits per heavy atom. The molecule has 0 radical (unpaired) electrons. The highest BCUT2D eigenvalue weighted by Crippen LogP contribution is 2.32. The molecule has 1 aromatic heterocycles. The van der Waals surface area contributed by atoms with Gasteiger partial charge in [0.15, 0.2) is 11.7 Å². The molecule has 23 heavy (non-hydrogen) atoms.